The molecule has 7 heteroatoms. The van der Waals surface area contributed by atoms with E-state index in [4.69, 9.17) is 0 Å². The van der Waals surface area contributed by atoms with Crippen molar-refractivity contribution in [2.24, 2.45) is 0 Å². The molecule has 116 valence electrons. The molecule has 1 aliphatic rings. The summed E-state index contributed by atoms with van der Waals surface area (Å²) in [6.07, 6.45) is 1.84. The molecule has 0 spiro atoms. The minimum atomic E-state index is 0.766. The van der Waals surface area contributed by atoms with Crippen LogP contribution in [0.1, 0.15) is 5.69 Å². The molecule has 0 unspecified atom stereocenters. The van der Waals surface area contributed by atoms with E-state index in [2.05, 4.69) is 52.7 Å². The molecule has 0 amide bonds. The Morgan fingerprint density at radius 1 is 1.09 bits per heavy atom. The van der Waals surface area contributed by atoms with Gasteiger partial charge in [0.1, 0.15) is 0 Å². The maximum atomic E-state index is 4.41. The second kappa shape index (κ2) is 6.43. The van der Waals surface area contributed by atoms with Crippen LogP contribution in [0.4, 0.5) is 0 Å². The number of fused-ring (bicyclic) bond motifs is 1. The molecule has 0 radical (unpaired) electrons. The molecule has 0 saturated heterocycles. The second-order valence-corrected chi connectivity index (χ2v) is 7.05. The summed E-state index contributed by atoms with van der Waals surface area (Å²) in [6.45, 7) is 1.59. The zero-order valence-electron chi connectivity index (χ0n) is 12.3. The molecule has 2 aromatic heterocycles. The number of benzene rings is 1. The van der Waals surface area contributed by atoms with Gasteiger partial charge in [-0.05, 0) is 18.2 Å². The van der Waals surface area contributed by atoms with Crippen LogP contribution in [0.2, 0.25) is 0 Å². The average molecular weight is 388 g/mol. The summed E-state index contributed by atoms with van der Waals surface area (Å²) in [5.74, 6) is 1.79. The second-order valence-electron chi connectivity index (χ2n) is 5.28. The molecule has 4 rings (SSSR count). The first-order valence-corrected chi connectivity index (χ1v) is 9.02. The van der Waals surface area contributed by atoms with Crippen LogP contribution in [-0.4, -0.2) is 30.5 Å². The molecule has 1 aliphatic heterocycles. The summed E-state index contributed by atoms with van der Waals surface area (Å²) < 4.78 is 3.19. The van der Waals surface area contributed by atoms with Crippen LogP contribution in [0.25, 0.3) is 11.4 Å². The molecule has 0 atom stereocenters. The lowest BCUT2D eigenvalue weighted by Gasteiger charge is -2.27. The van der Waals surface area contributed by atoms with Crippen molar-refractivity contribution in [3.05, 3.63) is 58.8 Å². The van der Waals surface area contributed by atoms with Gasteiger partial charge in [0.15, 0.2) is 11.0 Å². The smallest absolute Gasteiger partial charge is 0.193 e. The third-order valence-electron chi connectivity index (χ3n) is 3.66. The predicted octanol–water partition coefficient (Wildman–Crippen LogP) is 3.63. The molecule has 0 aliphatic carbocycles. The number of thioether (sulfide) groups is 1. The number of hydrogen-bond acceptors (Lipinski definition) is 5. The van der Waals surface area contributed by atoms with Crippen molar-refractivity contribution < 1.29 is 0 Å². The zero-order valence-corrected chi connectivity index (χ0v) is 14.7. The standard InChI is InChI=1S/C16H14BrN5S/c17-14-7-2-1-6-13(14)15-19-20-16-22(15)10-21(11-23-16)9-12-5-3-4-8-18-12/h1-8H,9-11H2. The van der Waals surface area contributed by atoms with Gasteiger partial charge in [0.25, 0.3) is 0 Å². The van der Waals surface area contributed by atoms with Gasteiger partial charge in [-0.1, -0.05) is 52.0 Å². The first-order valence-electron chi connectivity index (χ1n) is 7.24. The summed E-state index contributed by atoms with van der Waals surface area (Å²) in [7, 11) is 0. The van der Waals surface area contributed by atoms with E-state index in [0.717, 1.165) is 45.8 Å². The highest BCUT2D eigenvalue weighted by Gasteiger charge is 2.23. The van der Waals surface area contributed by atoms with Crippen molar-refractivity contribution >= 4 is 27.7 Å². The van der Waals surface area contributed by atoms with Crippen molar-refractivity contribution in [2.45, 2.75) is 18.4 Å². The Hall–Kier alpha value is -1.70. The largest absolute Gasteiger partial charge is 0.288 e. The Labute approximate surface area is 146 Å². The van der Waals surface area contributed by atoms with Crippen LogP contribution in [0.5, 0.6) is 0 Å². The Morgan fingerprint density at radius 3 is 2.78 bits per heavy atom. The molecule has 0 bridgehead atoms. The number of pyridine rings is 1. The van der Waals surface area contributed by atoms with Gasteiger partial charge < -0.3 is 0 Å². The molecular formula is C16H14BrN5S. The summed E-state index contributed by atoms with van der Waals surface area (Å²) in [6, 6.07) is 14.1. The lowest BCUT2D eigenvalue weighted by atomic mass is 10.2. The third kappa shape index (κ3) is 3.04. The summed E-state index contributed by atoms with van der Waals surface area (Å²) in [5, 5.41) is 9.68. The monoisotopic (exact) mass is 387 g/mol. The van der Waals surface area contributed by atoms with Crippen molar-refractivity contribution in [2.75, 3.05) is 5.88 Å². The summed E-state index contributed by atoms with van der Waals surface area (Å²) in [5.41, 5.74) is 2.14. The van der Waals surface area contributed by atoms with E-state index in [1.165, 1.54) is 0 Å². The summed E-state index contributed by atoms with van der Waals surface area (Å²) >= 11 is 5.31. The van der Waals surface area contributed by atoms with Gasteiger partial charge in [0.05, 0.1) is 18.2 Å². The highest BCUT2D eigenvalue weighted by Crippen LogP contribution is 2.32. The normalized spacial score (nSPS) is 14.7. The van der Waals surface area contributed by atoms with E-state index in [-0.39, 0.29) is 0 Å². The fraction of sp³-hybridized carbons (Fsp3) is 0.188. The van der Waals surface area contributed by atoms with Gasteiger partial charge in [-0.25, -0.2) is 0 Å². The summed E-state index contributed by atoms with van der Waals surface area (Å²) in [4.78, 5) is 6.75. The maximum absolute atomic E-state index is 4.41. The number of hydrogen-bond donors (Lipinski definition) is 0. The van der Waals surface area contributed by atoms with E-state index >= 15 is 0 Å². The fourth-order valence-electron chi connectivity index (χ4n) is 2.57. The Bertz CT molecular complexity index is 820. The average Bonchev–Trinajstić information content (AvgIpc) is 2.99. The van der Waals surface area contributed by atoms with Crippen LogP contribution in [0, 0.1) is 0 Å². The van der Waals surface area contributed by atoms with Crippen molar-refractivity contribution in [1.82, 2.24) is 24.6 Å². The quantitative estimate of drug-likeness (QED) is 0.686. The first-order chi connectivity index (χ1) is 11.3. The molecule has 1 aromatic carbocycles. The highest BCUT2D eigenvalue weighted by molar-refractivity contribution is 9.10. The molecule has 0 saturated carbocycles. The van der Waals surface area contributed by atoms with E-state index in [9.17, 15) is 0 Å². The lowest BCUT2D eigenvalue weighted by molar-refractivity contribution is 0.229. The maximum Gasteiger partial charge on any atom is 0.193 e. The fourth-order valence-corrected chi connectivity index (χ4v) is 3.90. The molecule has 3 aromatic rings. The van der Waals surface area contributed by atoms with Gasteiger partial charge in [-0.3, -0.25) is 14.5 Å². The molecule has 0 N–H and O–H groups in total. The Morgan fingerprint density at radius 2 is 1.96 bits per heavy atom. The topological polar surface area (TPSA) is 46.8 Å². The number of nitrogens with zero attached hydrogens (tertiary/aromatic N) is 5. The number of halogens is 1. The predicted molar refractivity (Wildman–Crippen MR) is 93.7 cm³/mol. The number of rotatable bonds is 3. The van der Waals surface area contributed by atoms with E-state index in [1.807, 2.05) is 36.5 Å². The highest BCUT2D eigenvalue weighted by atomic mass is 79.9. The molecule has 3 heterocycles. The molecule has 5 nitrogen and oxygen atoms in total. The Balaban J connectivity index is 1.62. The van der Waals surface area contributed by atoms with Gasteiger partial charge >= 0.3 is 0 Å². The van der Waals surface area contributed by atoms with Crippen LogP contribution in [0.15, 0.2) is 58.3 Å². The van der Waals surface area contributed by atoms with Gasteiger partial charge in [0.2, 0.25) is 0 Å². The molecule has 23 heavy (non-hydrogen) atoms. The van der Waals surface area contributed by atoms with E-state index in [0.29, 0.717) is 0 Å². The van der Waals surface area contributed by atoms with Gasteiger partial charge in [0, 0.05) is 22.8 Å². The molecule has 0 fully saturated rings. The van der Waals surface area contributed by atoms with Crippen molar-refractivity contribution in [3.63, 3.8) is 0 Å². The van der Waals surface area contributed by atoms with Gasteiger partial charge in [-0.2, -0.15) is 0 Å². The van der Waals surface area contributed by atoms with Gasteiger partial charge in [-0.15, -0.1) is 10.2 Å². The zero-order chi connectivity index (χ0) is 15.6. The minimum absolute atomic E-state index is 0.766. The van der Waals surface area contributed by atoms with E-state index in [1.54, 1.807) is 11.8 Å². The van der Waals surface area contributed by atoms with Crippen molar-refractivity contribution in [1.29, 1.82) is 0 Å². The van der Waals surface area contributed by atoms with Crippen LogP contribution < -0.4 is 0 Å². The van der Waals surface area contributed by atoms with Crippen LogP contribution in [0.3, 0.4) is 0 Å². The minimum Gasteiger partial charge on any atom is -0.288 e. The third-order valence-corrected chi connectivity index (χ3v) is 5.41. The SMILES string of the molecule is Brc1ccccc1-c1nnc2n1CN(Cc1ccccn1)CS2. The number of aromatic nitrogens is 4. The van der Waals surface area contributed by atoms with Crippen LogP contribution >= 0.6 is 27.7 Å². The van der Waals surface area contributed by atoms with Crippen LogP contribution in [-0.2, 0) is 13.2 Å². The van der Waals surface area contributed by atoms with E-state index < -0.39 is 0 Å². The van der Waals surface area contributed by atoms with Crippen molar-refractivity contribution in [3.8, 4) is 11.4 Å². The lowest BCUT2D eigenvalue weighted by Crippen LogP contribution is -2.30. The first kappa shape index (κ1) is 14.9. The molecular weight excluding hydrogens is 374 g/mol. The Kier molecular flexibility index (Phi) is 4.15.